The number of ketones is 1. The van der Waals surface area contributed by atoms with Gasteiger partial charge in [0.05, 0.1) is 11.3 Å². The summed E-state index contributed by atoms with van der Waals surface area (Å²) in [5, 5.41) is 8.72. The number of Topliss-reactive ketones (excluding diaryl/α,β-unsaturated/α-hetero) is 1. The van der Waals surface area contributed by atoms with Gasteiger partial charge in [0.25, 0.3) is 0 Å². The fourth-order valence-electron chi connectivity index (χ4n) is 1.64. The summed E-state index contributed by atoms with van der Waals surface area (Å²) < 4.78 is 0. The highest BCUT2D eigenvalue weighted by atomic mass is 16.1. The van der Waals surface area contributed by atoms with Crippen LogP contribution < -0.4 is 5.73 Å². The molecule has 1 aromatic rings. The number of nitrogens with zero attached hydrogens (tertiary/aromatic N) is 2. The number of pyridine rings is 1. The van der Waals surface area contributed by atoms with Crippen molar-refractivity contribution in [3.05, 3.63) is 22.9 Å². The Balaban J connectivity index is 2.62. The van der Waals surface area contributed by atoms with Gasteiger partial charge in [0.1, 0.15) is 11.9 Å². The molecule has 4 heteroatoms. The Labute approximate surface area is 81.4 Å². The summed E-state index contributed by atoms with van der Waals surface area (Å²) in [4.78, 5) is 15.5. The van der Waals surface area contributed by atoms with E-state index >= 15 is 0 Å². The van der Waals surface area contributed by atoms with Crippen molar-refractivity contribution in [1.29, 1.82) is 5.26 Å². The minimum absolute atomic E-state index is 0.0650. The molecule has 4 nitrogen and oxygen atoms in total. The maximum Gasteiger partial charge on any atom is 0.164 e. The molecule has 0 unspecified atom stereocenters. The van der Waals surface area contributed by atoms with Crippen LogP contribution in [0.1, 0.15) is 34.5 Å². The SMILES string of the molecule is N#Cc1cc2c(nc1N)CCCC2=O. The van der Waals surface area contributed by atoms with Crippen molar-refractivity contribution in [3.63, 3.8) is 0 Å². The average Bonchev–Trinajstić information content (AvgIpc) is 2.17. The third-order valence-corrected chi connectivity index (χ3v) is 2.37. The molecule has 0 amide bonds. The number of hydrogen-bond acceptors (Lipinski definition) is 4. The van der Waals surface area contributed by atoms with Crippen LogP contribution in [0.5, 0.6) is 0 Å². The number of hydrogen-bond donors (Lipinski definition) is 1. The van der Waals surface area contributed by atoms with Crippen LogP contribution >= 0.6 is 0 Å². The summed E-state index contributed by atoms with van der Waals surface area (Å²) >= 11 is 0. The molecule has 1 heterocycles. The molecular formula is C10H9N3O. The summed E-state index contributed by atoms with van der Waals surface area (Å²) in [6, 6.07) is 3.48. The number of nitrogens with two attached hydrogens (primary N) is 1. The normalized spacial score (nSPS) is 14.6. The minimum atomic E-state index is 0.0650. The Morgan fingerprint density at radius 3 is 3.00 bits per heavy atom. The van der Waals surface area contributed by atoms with E-state index in [1.165, 1.54) is 0 Å². The van der Waals surface area contributed by atoms with Gasteiger partial charge in [-0.1, -0.05) is 0 Å². The molecule has 0 spiro atoms. The Morgan fingerprint density at radius 1 is 1.50 bits per heavy atom. The summed E-state index contributed by atoms with van der Waals surface area (Å²) in [5.74, 6) is 0.288. The van der Waals surface area contributed by atoms with Crippen molar-refractivity contribution >= 4 is 11.6 Å². The molecule has 1 aliphatic rings. The van der Waals surface area contributed by atoms with Gasteiger partial charge in [0.2, 0.25) is 0 Å². The molecule has 14 heavy (non-hydrogen) atoms. The smallest absolute Gasteiger partial charge is 0.164 e. The molecule has 2 rings (SSSR count). The van der Waals surface area contributed by atoms with Crippen molar-refractivity contribution in [2.45, 2.75) is 19.3 Å². The molecule has 1 aromatic heterocycles. The van der Waals surface area contributed by atoms with E-state index in [1.54, 1.807) is 6.07 Å². The molecule has 70 valence electrons. The van der Waals surface area contributed by atoms with Crippen LogP contribution in [-0.4, -0.2) is 10.8 Å². The monoisotopic (exact) mass is 187 g/mol. The summed E-state index contributed by atoms with van der Waals surface area (Å²) in [6.45, 7) is 0. The van der Waals surface area contributed by atoms with Crippen LogP contribution in [0.25, 0.3) is 0 Å². The Hall–Kier alpha value is -1.89. The number of fused-ring (bicyclic) bond motifs is 1. The van der Waals surface area contributed by atoms with Crippen LogP contribution in [-0.2, 0) is 6.42 Å². The van der Waals surface area contributed by atoms with Crippen LogP contribution in [0.4, 0.5) is 5.82 Å². The molecule has 0 saturated carbocycles. The molecule has 0 bridgehead atoms. The maximum absolute atomic E-state index is 11.5. The number of aromatic nitrogens is 1. The van der Waals surface area contributed by atoms with Crippen LogP contribution in [0.15, 0.2) is 6.07 Å². The van der Waals surface area contributed by atoms with E-state index in [4.69, 9.17) is 11.0 Å². The quantitative estimate of drug-likeness (QED) is 0.658. The van der Waals surface area contributed by atoms with E-state index in [9.17, 15) is 4.79 Å². The van der Waals surface area contributed by atoms with Gasteiger partial charge in [-0.05, 0) is 18.9 Å². The number of carbonyl (C=O) groups is 1. The lowest BCUT2D eigenvalue weighted by atomic mass is 9.94. The standard InChI is InChI=1S/C10H9N3O/c11-5-6-4-7-8(13-10(6)12)2-1-3-9(7)14/h4H,1-3H2,(H2,12,13). The number of nitrogen functional groups attached to an aromatic ring is 1. The lowest BCUT2D eigenvalue weighted by Gasteiger charge is -2.14. The number of aryl methyl sites for hydroxylation is 1. The minimum Gasteiger partial charge on any atom is -0.383 e. The van der Waals surface area contributed by atoms with Crippen molar-refractivity contribution in [1.82, 2.24) is 4.98 Å². The van der Waals surface area contributed by atoms with Gasteiger partial charge in [-0.3, -0.25) is 4.79 Å². The van der Waals surface area contributed by atoms with E-state index < -0.39 is 0 Å². The zero-order valence-electron chi connectivity index (χ0n) is 7.58. The maximum atomic E-state index is 11.5. The summed E-state index contributed by atoms with van der Waals surface area (Å²) in [7, 11) is 0. The molecule has 2 N–H and O–H groups in total. The third kappa shape index (κ3) is 1.23. The second kappa shape index (κ2) is 3.11. The van der Waals surface area contributed by atoms with Crippen LogP contribution in [0.3, 0.4) is 0 Å². The largest absolute Gasteiger partial charge is 0.383 e. The first-order valence-corrected chi connectivity index (χ1v) is 4.45. The lowest BCUT2D eigenvalue weighted by Crippen LogP contribution is -2.14. The lowest BCUT2D eigenvalue weighted by molar-refractivity contribution is 0.0971. The predicted molar refractivity (Wildman–Crippen MR) is 50.6 cm³/mol. The molecule has 0 fully saturated rings. The number of nitriles is 1. The fourth-order valence-corrected chi connectivity index (χ4v) is 1.64. The van der Waals surface area contributed by atoms with Crippen LogP contribution in [0.2, 0.25) is 0 Å². The number of carbonyl (C=O) groups excluding carboxylic acids is 1. The second-order valence-electron chi connectivity index (χ2n) is 3.30. The van der Waals surface area contributed by atoms with Crippen molar-refractivity contribution in [2.24, 2.45) is 0 Å². The van der Waals surface area contributed by atoms with Gasteiger partial charge >= 0.3 is 0 Å². The Morgan fingerprint density at radius 2 is 2.29 bits per heavy atom. The molecule has 0 atom stereocenters. The topological polar surface area (TPSA) is 79.8 Å². The third-order valence-electron chi connectivity index (χ3n) is 2.37. The van der Waals surface area contributed by atoms with Crippen molar-refractivity contribution < 1.29 is 4.79 Å². The van der Waals surface area contributed by atoms with Gasteiger partial charge in [-0.15, -0.1) is 0 Å². The van der Waals surface area contributed by atoms with E-state index in [0.717, 1.165) is 18.5 Å². The summed E-state index contributed by atoms with van der Waals surface area (Å²) in [5.41, 5.74) is 7.15. The zero-order chi connectivity index (χ0) is 10.1. The average molecular weight is 187 g/mol. The summed E-state index contributed by atoms with van der Waals surface area (Å²) in [6.07, 6.45) is 2.14. The second-order valence-corrected chi connectivity index (χ2v) is 3.30. The number of rotatable bonds is 0. The van der Waals surface area contributed by atoms with Crippen LogP contribution in [0, 0.1) is 11.3 Å². The highest BCUT2D eigenvalue weighted by molar-refractivity contribution is 5.98. The molecule has 0 radical (unpaired) electrons. The van der Waals surface area contributed by atoms with Gasteiger partial charge in [0, 0.05) is 12.0 Å². The van der Waals surface area contributed by atoms with E-state index in [0.29, 0.717) is 17.5 Å². The highest BCUT2D eigenvalue weighted by Gasteiger charge is 2.20. The molecule has 1 aliphatic carbocycles. The van der Waals surface area contributed by atoms with Gasteiger partial charge in [0.15, 0.2) is 5.78 Å². The predicted octanol–water partition coefficient (Wildman–Crippen LogP) is 1.05. The van der Waals surface area contributed by atoms with Gasteiger partial charge in [-0.2, -0.15) is 5.26 Å². The van der Waals surface area contributed by atoms with E-state index in [2.05, 4.69) is 4.98 Å². The molecule has 0 aromatic carbocycles. The fraction of sp³-hybridized carbons (Fsp3) is 0.300. The Kier molecular flexibility index (Phi) is 1.93. The molecule has 0 aliphatic heterocycles. The van der Waals surface area contributed by atoms with Gasteiger partial charge in [-0.25, -0.2) is 4.98 Å². The Bertz CT molecular complexity index is 445. The van der Waals surface area contributed by atoms with Gasteiger partial charge < -0.3 is 5.73 Å². The molecule has 0 saturated heterocycles. The van der Waals surface area contributed by atoms with E-state index in [-0.39, 0.29) is 11.6 Å². The van der Waals surface area contributed by atoms with Crippen molar-refractivity contribution in [2.75, 3.05) is 5.73 Å². The van der Waals surface area contributed by atoms with E-state index in [1.807, 2.05) is 6.07 Å². The van der Waals surface area contributed by atoms with Crippen molar-refractivity contribution in [3.8, 4) is 6.07 Å². The first-order valence-electron chi connectivity index (χ1n) is 4.45. The first kappa shape index (κ1) is 8.70. The highest BCUT2D eigenvalue weighted by Crippen LogP contribution is 2.22. The molecular weight excluding hydrogens is 178 g/mol. The zero-order valence-corrected chi connectivity index (χ0v) is 7.58. The number of anilines is 1. The first-order chi connectivity index (χ1) is 6.72.